The van der Waals surface area contributed by atoms with Crippen molar-refractivity contribution < 1.29 is 9.53 Å². The summed E-state index contributed by atoms with van der Waals surface area (Å²) in [6.45, 7) is 2.15. The lowest BCUT2D eigenvalue weighted by atomic mass is 9.90. The molecule has 3 rings (SSSR count). The van der Waals surface area contributed by atoms with Gasteiger partial charge >= 0.3 is 5.97 Å². The number of nitrogens with one attached hydrogen (secondary N) is 1. The number of thiazole rings is 1. The molecule has 0 fully saturated rings. The minimum Gasteiger partial charge on any atom is -0.461 e. The van der Waals surface area contributed by atoms with Crippen molar-refractivity contribution in [2.75, 3.05) is 11.9 Å². The van der Waals surface area contributed by atoms with Gasteiger partial charge in [0, 0.05) is 5.69 Å². The fourth-order valence-corrected chi connectivity index (χ4v) is 3.38. The highest BCUT2D eigenvalue weighted by Crippen LogP contribution is 2.32. The minimum atomic E-state index is -0.369. The zero-order valence-corrected chi connectivity index (χ0v) is 12.8. The summed E-state index contributed by atoms with van der Waals surface area (Å²) in [5, 5.41) is 4.13. The molecule has 0 aliphatic heterocycles. The number of hydrogen-bond donors (Lipinski definition) is 1. The van der Waals surface area contributed by atoms with Gasteiger partial charge in [-0.25, -0.2) is 9.78 Å². The van der Waals surface area contributed by atoms with Gasteiger partial charge in [-0.15, -0.1) is 11.3 Å². The van der Waals surface area contributed by atoms with Crippen LogP contribution in [0.3, 0.4) is 0 Å². The number of hydrogen-bond acceptors (Lipinski definition) is 5. The van der Waals surface area contributed by atoms with Crippen molar-refractivity contribution in [1.29, 1.82) is 0 Å². The Balaban J connectivity index is 1.88. The molecule has 0 bridgehead atoms. The average molecular weight is 302 g/mol. The standard InChI is InChI=1S/C16H18N2O2S/c1-2-20-16(19)14-15(21-10-17-14)18-13-9-5-7-11-6-3-4-8-12(11)13/h5,7,9-10,18H,2-4,6,8H2,1H3. The second-order valence-electron chi connectivity index (χ2n) is 5.03. The van der Waals surface area contributed by atoms with Gasteiger partial charge in [0.1, 0.15) is 5.00 Å². The van der Waals surface area contributed by atoms with Gasteiger partial charge in [0.2, 0.25) is 0 Å². The van der Waals surface area contributed by atoms with Crippen LogP contribution in [0.5, 0.6) is 0 Å². The van der Waals surface area contributed by atoms with E-state index in [4.69, 9.17) is 4.74 Å². The Morgan fingerprint density at radius 3 is 3.10 bits per heavy atom. The van der Waals surface area contributed by atoms with Crippen molar-refractivity contribution in [3.63, 3.8) is 0 Å². The van der Waals surface area contributed by atoms with Crippen molar-refractivity contribution in [3.05, 3.63) is 40.5 Å². The lowest BCUT2D eigenvalue weighted by Crippen LogP contribution is -2.09. The summed E-state index contributed by atoms with van der Waals surface area (Å²) in [5.74, 6) is -0.369. The summed E-state index contributed by atoms with van der Waals surface area (Å²) >= 11 is 1.43. The zero-order chi connectivity index (χ0) is 14.7. The van der Waals surface area contributed by atoms with Crippen LogP contribution in [0.25, 0.3) is 0 Å². The molecule has 4 nitrogen and oxygen atoms in total. The number of benzene rings is 1. The molecule has 1 N–H and O–H groups in total. The molecule has 1 aliphatic rings. The monoisotopic (exact) mass is 302 g/mol. The highest BCUT2D eigenvalue weighted by molar-refractivity contribution is 7.14. The molecule has 1 aromatic heterocycles. The zero-order valence-electron chi connectivity index (χ0n) is 12.0. The number of ether oxygens (including phenoxy) is 1. The van der Waals surface area contributed by atoms with E-state index in [1.165, 1.54) is 35.3 Å². The predicted octanol–water partition coefficient (Wildman–Crippen LogP) is 3.94. The van der Waals surface area contributed by atoms with E-state index in [0.29, 0.717) is 12.3 Å². The molecule has 1 aromatic carbocycles. The molecule has 110 valence electrons. The first-order valence-electron chi connectivity index (χ1n) is 7.28. The van der Waals surface area contributed by atoms with E-state index in [2.05, 4.69) is 28.5 Å². The van der Waals surface area contributed by atoms with Crippen LogP contribution in [0.2, 0.25) is 0 Å². The normalized spacial score (nSPS) is 13.6. The summed E-state index contributed by atoms with van der Waals surface area (Å²) in [7, 11) is 0. The molecule has 0 amide bonds. The van der Waals surface area contributed by atoms with Crippen LogP contribution < -0.4 is 5.32 Å². The van der Waals surface area contributed by atoms with Gasteiger partial charge in [0.05, 0.1) is 12.1 Å². The first-order chi connectivity index (χ1) is 10.3. The Morgan fingerprint density at radius 1 is 1.38 bits per heavy atom. The second-order valence-corrected chi connectivity index (χ2v) is 5.88. The van der Waals surface area contributed by atoms with Crippen LogP contribution in [-0.4, -0.2) is 17.6 Å². The Bertz CT molecular complexity index is 651. The Morgan fingerprint density at radius 2 is 2.24 bits per heavy atom. The molecular weight excluding hydrogens is 284 g/mol. The van der Waals surface area contributed by atoms with Crippen LogP contribution in [0.15, 0.2) is 23.7 Å². The molecule has 1 heterocycles. The quantitative estimate of drug-likeness (QED) is 0.869. The largest absolute Gasteiger partial charge is 0.461 e. The van der Waals surface area contributed by atoms with E-state index in [1.807, 2.05) is 0 Å². The molecule has 1 aliphatic carbocycles. The third-order valence-corrected chi connectivity index (χ3v) is 4.42. The maximum absolute atomic E-state index is 11.9. The van der Waals surface area contributed by atoms with E-state index >= 15 is 0 Å². The topological polar surface area (TPSA) is 51.2 Å². The van der Waals surface area contributed by atoms with Gasteiger partial charge < -0.3 is 10.1 Å². The number of carbonyl (C=O) groups is 1. The van der Waals surface area contributed by atoms with Crippen molar-refractivity contribution >= 4 is 28.0 Å². The lowest BCUT2D eigenvalue weighted by molar-refractivity contribution is 0.0521. The number of nitrogens with zero attached hydrogens (tertiary/aromatic N) is 1. The Labute approximate surface area is 128 Å². The SMILES string of the molecule is CCOC(=O)c1ncsc1Nc1cccc2c1CCCC2. The molecule has 0 radical (unpaired) electrons. The molecule has 2 aromatic rings. The molecule has 5 heteroatoms. The highest BCUT2D eigenvalue weighted by Gasteiger charge is 2.18. The number of carbonyl (C=O) groups excluding carboxylic acids is 1. The molecule has 0 saturated heterocycles. The third kappa shape index (κ3) is 2.93. The van der Waals surface area contributed by atoms with Gasteiger partial charge in [-0.2, -0.15) is 0 Å². The molecule has 0 unspecified atom stereocenters. The Kier molecular flexibility index (Phi) is 4.20. The van der Waals surface area contributed by atoms with Gasteiger partial charge in [-0.3, -0.25) is 0 Å². The maximum Gasteiger partial charge on any atom is 0.360 e. The second kappa shape index (κ2) is 6.26. The summed E-state index contributed by atoms with van der Waals surface area (Å²) in [6.07, 6.45) is 4.70. The Hall–Kier alpha value is -1.88. The fourth-order valence-electron chi connectivity index (χ4n) is 2.70. The first-order valence-corrected chi connectivity index (χ1v) is 8.16. The minimum absolute atomic E-state index is 0.358. The summed E-state index contributed by atoms with van der Waals surface area (Å²) in [6, 6.07) is 6.33. The van der Waals surface area contributed by atoms with Crippen LogP contribution >= 0.6 is 11.3 Å². The molecular formula is C16H18N2O2S. The smallest absolute Gasteiger partial charge is 0.360 e. The maximum atomic E-state index is 11.9. The molecule has 0 saturated carbocycles. The molecule has 0 spiro atoms. The number of aromatic nitrogens is 1. The van der Waals surface area contributed by atoms with Gasteiger partial charge in [0.25, 0.3) is 0 Å². The van der Waals surface area contributed by atoms with Crippen molar-refractivity contribution in [2.24, 2.45) is 0 Å². The lowest BCUT2D eigenvalue weighted by Gasteiger charge is -2.19. The van der Waals surface area contributed by atoms with E-state index in [-0.39, 0.29) is 5.97 Å². The van der Waals surface area contributed by atoms with Gasteiger partial charge in [-0.05, 0) is 49.8 Å². The number of esters is 1. The van der Waals surface area contributed by atoms with Crippen LogP contribution in [-0.2, 0) is 17.6 Å². The van der Waals surface area contributed by atoms with E-state index in [1.54, 1.807) is 12.4 Å². The summed E-state index contributed by atoms with van der Waals surface area (Å²) in [5.41, 5.74) is 5.90. The molecule has 21 heavy (non-hydrogen) atoms. The number of fused-ring (bicyclic) bond motifs is 1. The summed E-state index contributed by atoms with van der Waals surface area (Å²) in [4.78, 5) is 16.0. The number of aryl methyl sites for hydroxylation is 1. The summed E-state index contributed by atoms with van der Waals surface area (Å²) < 4.78 is 5.04. The fraction of sp³-hybridized carbons (Fsp3) is 0.375. The predicted molar refractivity (Wildman–Crippen MR) is 84.4 cm³/mol. The highest BCUT2D eigenvalue weighted by atomic mass is 32.1. The van der Waals surface area contributed by atoms with Crippen LogP contribution in [0.1, 0.15) is 41.4 Å². The van der Waals surface area contributed by atoms with Gasteiger partial charge in [0.15, 0.2) is 5.69 Å². The van der Waals surface area contributed by atoms with E-state index in [0.717, 1.165) is 23.5 Å². The number of rotatable bonds is 4. The van der Waals surface area contributed by atoms with E-state index < -0.39 is 0 Å². The average Bonchev–Trinajstić information content (AvgIpc) is 2.96. The first kappa shape index (κ1) is 14.1. The van der Waals surface area contributed by atoms with Crippen molar-refractivity contribution in [3.8, 4) is 0 Å². The van der Waals surface area contributed by atoms with Crippen LogP contribution in [0, 0.1) is 0 Å². The van der Waals surface area contributed by atoms with E-state index in [9.17, 15) is 4.79 Å². The molecule has 0 atom stereocenters. The van der Waals surface area contributed by atoms with Crippen molar-refractivity contribution in [1.82, 2.24) is 4.98 Å². The number of anilines is 2. The van der Waals surface area contributed by atoms with Crippen LogP contribution in [0.4, 0.5) is 10.7 Å². The third-order valence-electron chi connectivity index (χ3n) is 3.68. The van der Waals surface area contributed by atoms with Gasteiger partial charge in [-0.1, -0.05) is 12.1 Å². The van der Waals surface area contributed by atoms with Crippen molar-refractivity contribution in [2.45, 2.75) is 32.6 Å².